The van der Waals surface area contributed by atoms with Crippen LogP contribution in [0.25, 0.3) is 10.9 Å². The van der Waals surface area contributed by atoms with Gasteiger partial charge in [-0.05, 0) is 45.4 Å². The highest BCUT2D eigenvalue weighted by atomic mass is 16.5. The number of nitrogens with zero attached hydrogens (tertiary/aromatic N) is 1. The summed E-state index contributed by atoms with van der Waals surface area (Å²) in [5.74, 6) is -1.12. The van der Waals surface area contributed by atoms with Gasteiger partial charge in [-0.15, -0.1) is 0 Å². The summed E-state index contributed by atoms with van der Waals surface area (Å²) in [7, 11) is 0. The summed E-state index contributed by atoms with van der Waals surface area (Å²) in [4.78, 5) is 44.3. The van der Waals surface area contributed by atoms with Crippen LogP contribution < -0.4 is 0 Å². The first-order valence-corrected chi connectivity index (χ1v) is 8.60. The molecule has 1 aromatic carbocycles. The van der Waals surface area contributed by atoms with Crippen LogP contribution in [-0.2, 0) is 4.74 Å². The molecule has 6 nitrogen and oxygen atoms in total. The van der Waals surface area contributed by atoms with Crippen molar-refractivity contribution in [2.45, 2.75) is 33.8 Å². The number of benzene rings is 1. The second kappa shape index (κ2) is 7.15. The van der Waals surface area contributed by atoms with Crippen molar-refractivity contribution < 1.29 is 19.1 Å². The molecule has 0 bridgehead atoms. The number of pyridine rings is 1. The maximum Gasteiger partial charge on any atom is 0.341 e. The number of aryl methyl sites for hydroxylation is 1. The fourth-order valence-corrected chi connectivity index (χ4v) is 3.27. The first kappa shape index (κ1) is 18.5. The number of para-hydroxylation sites is 1. The van der Waals surface area contributed by atoms with Crippen LogP contribution in [0.1, 0.15) is 56.3 Å². The number of carbonyl (C=O) groups is 3. The molecule has 1 atom stereocenters. The van der Waals surface area contributed by atoms with Crippen LogP contribution in [-0.4, -0.2) is 33.6 Å². The Morgan fingerprint density at radius 2 is 1.81 bits per heavy atom. The van der Waals surface area contributed by atoms with E-state index in [4.69, 9.17) is 4.74 Å². The molecule has 3 aromatic rings. The summed E-state index contributed by atoms with van der Waals surface area (Å²) in [5, 5.41) is 0.813. The van der Waals surface area contributed by atoms with E-state index in [2.05, 4.69) is 9.97 Å². The van der Waals surface area contributed by atoms with Gasteiger partial charge in [0.1, 0.15) is 0 Å². The van der Waals surface area contributed by atoms with E-state index in [9.17, 15) is 14.4 Å². The predicted octanol–water partition coefficient (Wildman–Crippen LogP) is 3.81. The molecule has 0 radical (unpaired) electrons. The maximum absolute atomic E-state index is 12.7. The van der Waals surface area contributed by atoms with Crippen molar-refractivity contribution in [3.05, 3.63) is 64.6 Å². The smallest absolute Gasteiger partial charge is 0.341 e. The quantitative estimate of drug-likeness (QED) is 0.549. The van der Waals surface area contributed by atoms with Gasteiger partial charge in [-0.25, -0.2) is 4.79 Å². The molecule has 6 heteroatoms. The fourth-order valence-electron chi connectivity index (χ4n) is 3.27. The number of Topliss-reactive ketones (excluding diaryl/α,β-unsaturated/α-hetero) is 2. The second-order valence-electron chi connectivity index (χ2n) is 6.47. The predicted molar refractivity (Wildman–Crippen MR) is 101 cm³/mol. The van der Waals surface area contributed by atoms with Crippen LogP contribution in [0.3, 0.4) is 0 Å². The Kier molecular flexibility index (Phi) is 4.90. The third kappa shape index (κ3) is 3.38. The zero-order valence-corrected chi connectivity index (χ0v) is 15.6. The van der Waals surface area contributed by atoms with E-state index in [1.807, 2.05) is 12.1 Å². The number of ketones is 2. The van der Waals surface area contributed by atoms with Crippen molar-refractivity contribution in [3.8, 4) is 0 Å². The molecule has 0 aliphatic carbocycles. The summed E-state index contributed by atoms with van der Waals surface area (Å²) in [6, 6.07) is 8.84. The minimum absolute atomic E-state index is 0.119. The molecular weight excluding hydrogens is 344 g/mol. The number of fused-ring (bicyclic) bond motifs is 1. The average Bonchev–Trinajstić information content (AvgIpc) is 2.94. The van der Waals surface area contributed by atoms with Gasteiger partial charge in [0.05, 0.1) is 16.8 Å². The van der Waals surface area contributed by atoms with E-state index in [0.717, 1.165) is 5.39 Å². The zero-order valence-electron chi connectivity index (χ0n) is 15.6. The van der Waals surface area contributed by atoms with Gasteiger partial charge >= 0.3 is 5.97 Å². The minimum atomic E-state index is -1.01. The largest absolute Gasteiger partial charge is 0.451 e. The van der Waals surface area contributed by atoms with Crippen molar-refractivity contribution in [1.29, 1.82) is 0 Å². The van der Waals surface area contributed by atoms with Gasteiger partial charge in [-0.3, -0.25) is 14.6 Å². The first-order chi connectivity index (χ1) is 12.8. The van der Waals surface area contributed by atoms with Crippen LogP contribution in [0.2, 0.25) is 0 Å². The Labute approximate surface area is 156 Å². The second-order valence-corrected chi connectivity index (χ2v) is 6.47. The molecule has 0 aliphatic rings. The summed E-state index contributed by atoms with van der Waals surface area (Å²) >= 11 is 0. The number of H-pyrrole nitrogens is 1. The molecule has 1 N–H and O–H groups in total. The third-order valence-electron chi connectivity index (χ3n) is 4.54. The highest BCUT2D eigenvalue weighted by Gasteiger charge is 2.26. The molecule has 2 aromatic heterocycles. The average molecular weight is 364 g/mol. The maximum atomic E-state index is 12.7. The standard InChI is InChI=1S/C21H20N2O4/c1-11-17(13(3)24)12(2)23-18(11)20(25)14(4)27-21(26)16-9-5-7-15-8-6-10-22-19(15)16/h5-10,14,23H,1-4H3/t14-/m1/s1. The van der Waals surface area contributed by atoms with Gasteiger partial charge in [0.2, 0.25) is 5.78 Å². The molecule has 2 heterocycles. The highest BCUT2D eigenvalue weighted by molar-refractivity contribution is 6.07. The molecule has 0 unspecified atom stereocenters. The van der Waals surface area contributed by atoms with Crippen LogP contribution in [0, 0.1) is 13.8 Å². The lowest BCUT2D eigenvalue weighted by Crippen LogP contribution is -2.25. The SMILES string of the molecule is CC(=O)c1c(C)[nH]c(C(=O)[C@@H](C)OC(=O)c2cccc3cccnc23)c1C. The minimum Gasteiger partial charge on any atom is -0.451 e. The molecule has 0 saturated heterocycles. The van der Waals surface area contributed by atoms with Crippen molar-refractivity contribution >= 4 is 28.4 Å². The van der Waals surface area contributed by atoms with Gasteiger partial charge in [0.15, 0.2) is 11.9 Å². The first-order valence-electron chi connectivity index (χ1n) is 8.60. The number of aromatic nitrogens is 2. The lowest BCUT2D eigenvalue weighted by molar-refractivity contribution is 0.0318. The van der Waals surface area contributed by atoms with Crippen LogP contribution >= 0.6 is 0 Å². The van der Waals surface area contributed by atoms with Crippen molar-refractivity contribution in [3.63, 3.8) is 0 Å². The van der Waals surface area contributed by atoms with Crippen molar-refractivity contribution in [1.82, 2.24) is 9.97 Å². The van der Waals surface area contributed by atoms with Crippen molar-refractivity contribution in [2.75, 3.05) is 0 Å². The molecule has 27 heavy (non-hydrogen) atoms. The van der Waals surface area contributed by atoms with Gasteiger partial charge in [-0.1, -0.05) is 18.2 Å². The van der Waals surface area contributed by atoms with Crippen molar-refractivity contribution in [2.24, 2.45) is 0 Å². The van der Waals surface area contributed by atoms with E-state index in [-0.39, 0.29) is 17.3 Å². The van der Waals surface area contributed by atoms with E-state index in [0.29, 0.717) is 27.9 Å². The molecule has 3 rings (SSSR count). The Morgan fingerprint density at radius 1 is 1.11 bits per heavy atom. The summed E-state index contributed by atoms with van der Waals surface area (Å²) in [5.41, 5.74) is 2.80. The Balaban J connectivity index is 1.86. The summed E-state index contributed by atoms with van der Waals surface area (Å²) < 4.78 is 5.39. The molecule has 0 aliphatic heterocycles. The third-order valence-corrected chi connectivity index (χ3v) is 4.54. The Bertz CT molecular complexity index is 1060. The van der Waals surface area contributed by atoms with Crippen LogP contribution in [0.4, 0.5) is 0 Å². The lowest BCUT2D eigenvalue weighted by atomic mass is 10.0. The number of carbonyl (C=O) groups excluding carboxylic acids is 3. The topological polar surface area (TPSA) is 89.1 Å². The number of aromatic amines is 1. The molecule has 0 saturated carbocycles. The van der Waals surface area contributed by atoms with Gasteiger partial charge < -0.3 is 9.72 Å². The number of hydrogen-bond acceptors (Lipinski definition) is 5. The van der Waals surface area contributed by atoms with Gasteiger partial charge in [0, 0.05) is 22.8 Å². The summed E-state index contributed by atoms with van der Waals surface area (Å²) in [6.07, 6.45) is 0.593. The lowest BCUT2D eigenvalue weighted by Gasteiger charge is -2.13. The number of ether oxygens (including phenoxy) is 1. The fraction of sp³-hybridized carbons (Fsp3) is 0.238. The number of hydrogen-bond donors (Lipinski definition) is 1. The van der Waals surface area contributed by atoms with E-state index >= 15 is 0 Å². The van der Waals surface area contributed by atoms with Gasteiger partial charge in [0.25, 0.3) is 0 Å². The summed E-state index contributed by atoms with van der Waals surface area (Å²) in [6.45, 7) is 6.41. The zero-order chi connectivity index (χ0) is 19.7. The van der Waals surface area contributed by atoms with Gasteiger partial charge in [-0.2, -0.15) is 0 Å². The number of rotatable bonds is 5. The van der Waals surface area contributed by atoms with E-state index < -0.39 is 12.1 Å². The number of nitrogens with one attached hydrogen (secondary N) is 1. The van der Waals surface area contributed by atoms with Crippen LogP contribution in [0.5, 0.6) is 0 Å². The molecule has 138 valence electrons. The highest BCUT2D eigenvalue weighted by Crippen LogP contribution is 2.22. The normalized spacial score (nSPS) is 12.0. The molecule has 0 spiro atoms. The Morgan fingerprint density at radius 3 is 2.48 bits per heavy atom. The molecular formula is C21H20N2O4. The van der Waals surface area contributed by atoms with E-state index in [1.54, 1.807) is 38.2 Å². The molecule has 0 fully saturated rings. The van der Waals surface area contributed by atoms with Crippen LogP contribution in [0.15, 0.2) is 36.5 Å². The molecule has 0 amide bonds. The van der Waals surface area contributed by atoms with E-state index in [1.165, 1.54) is 13.8 Å². The number of esters is 1. The Hall–Kier alpha value is -3.28. The monoisotopic (exact) mass is 364 g/mol.